The van der Waals surface area contributed by atoms with Gasteiger partial charge in [0.25, 0.3) is 0 Å². The zero-order valence-corrected chi connectivity index (χ0v) is 32.6. The predicted molar refractivity (Wildman–Crippen MR) is 207 cm³/mol. The molecule has 3 N–H and O–H groups in total. The average molecular weight is 688 g/mol. The maximum absolute atomic E-state index is 11.5. The van der Waals surface area contributed by atoms with Crippen molar-refractivity contribution in [2.75, 3.05) is 25.6 Å². The Morgan fingerprint density at radius 2 is 0.809 bits per heavy atom. The first kappa shape index (κ1) is 48.3. The number of esters is 1. The summed E-state index contributed by atoms with van der Waals surface area (Å²) in [5, 5.41) is 2.91. The topological polar surface area (TPSA) is 81.4 Å². The van der Waals surface area contributed by atoms with E-state index < -0.39 is 0 Å². The third-order valence-electron chi connectivity index (χ3n) is 9.04. The van der Waals surface area contributed by atoms with Gasteiger partial charge in [0.15, 0.2) is 0 Å². The Morgan fingerprint density at radius 1 is 0.489 bits per heavy atom. The molecule has 47 heavy (non-hydrogen) atoms. The molecule has 1 amide bonds. The highest BCUT2D eigenvalue weighted by molar-refractivity contribution is 6.18. The van der Waals surface area contributed by atoms with E-state index in [2.05, 4.69) is 19.2 Å². The zero-order valence-electron chi connectivity index (χ0n) is 31.8. The molecule has 0 rings (SSSR count). The zero-order chi connectivity index (χ0) is 34.7. The van der Waals surface area contributed by atoms with Gasteiger partial charge in [-0.05, 0) is 25.8 Å². The van der Waals surface area contributed by atoms with Crippen LogP contribution in [0, 0.1) is 0 Å². The molecule has 6 heteroatoms. The van der Waals surface area contributed by atoms with Gasteiger partial charge in [-0.2, -0.15) is 0 Å². The number of rotatable bonds is 37. The van der Waals surface area contributed by atoms with E-state index in [1.165, 1.54) is 173 Å². The van der Waals surface area contributed by atoms with Crippen molar-refractivity contribution in [3.8, 4) is 0 Å². The van der Waals surface area contributed by atoms with Crippen molar-refractivity contribution >= 4 is 23.5 Å². The van der Waals surface area contributed by atoms with Gasteiger partial charge in [0.2, 0.25) is 5.91 Å². The molecule has 0 radical (unpaired) electrons. The second-order valence-electron chi connectivity index (χ2n) is 13.8. The molecule has 5 nitrogen and oxygen atoms in total. The number of halogens is 1. The van der Waals surface area contributed by atoms with Crippen LogP contribution in [0.3, 0.4) is 0 Å². The number of carbonyl (C=O) groups is 2. The highest BCUT2D eigenvalue weighted by Gasteiger charge is 2.02. The van der Waals surface area contributed by atoms with E-state index in [0.29, 0.717) is 31.9 Å². The minimum Gasteiger partial charge on any atom is -0.464 e. The predicted octanol–water partition coefficient (Wildman–Crippen LogP) is 12.7. The monoisotopic (exact) mass is 687 g/mol. The molecular formula is C41H83ClN2O3. The molecule has 0 fully saturated rings. The molecule has 0 atom stereocenters. The van der Waals surface area contributed by atoms with Crippen LogP contribution in [0.4, 0.5) is 0 Å². The summed E-state index contributed by atoms with van der Waals surface area (Å²) in [6, 6.07) is 0. The summed E-state index contributed by atoms with van der Waals surface area (Å²) in [6.07, 6.45) is 42.7. The van der Waals surface area contributed by atoms with Crippen LogP contribution in [0.2, 0.25) is 0 Å². The van der Waals surface area contributed by atoms with Crippen LogP contribution >= 0.6 is 11.6 Å². The standard InChI is InChI=1S/C21H44N2O.C20H39ClO2/c1-2-3-4-5-6-7-8-9-10-11-12-13-14-15-16-18-21(24)23-20-17-19-22;1-2-3-4-5-6-7-8-9-10-11-12-13-14-15-16-17-20(22)23-19-18-21/h2-20,22H2,1H3,(H,23,24);2-19H2,1H3. The van der Waals surface area contributed by atoms with E-state index in [4.69, 9.17) is 22.1 Å². The van der Waals surface area contributed by atoms with Crippen LogP contribution in [-0.4, -0.2) is 37.5 Å². The van der Waals surface area contributed by atoms with E-state index >= 15 is 0 Å². The lowest BCUT2D eigenvalue weighted by molar-refractivity contribution is -0.143. The molecule has 0 spiro atoms. The third kappa shape index (κ3) is 47.4. The Kier molecular flexibility index (Phi) is 46.4. The van der Waals surface area contributed by atoms with Crippen LogP contribution in [0.15, 0.2) is 0 Å². The molecular weight excluding hydrogens is 604 g/mol. The van der Waals surface area contributed by atoms with Gasteiger partial charge in [0, 0.05) is 19.4 Å². The maximum atomic E-state index is 11.5. The van der Waals surface area contributed by atoms with Crippen LogP contribution in [0.1, 0.15) is 226 Å². The molecule has 0 bridgehead atoms. The SMILES string of the molecule is CCCCCCCCCCCCCCCCCC(=O)NCCCN.CCCCCCCCCCCCCCCCCC(=O)OCCCl. The fourth-order valence-corrected chi connectivity index (χ4v) is 6.02. The number of hydrogen-bond acceptors (Lipinski definition) is 4. The summed E-state index contributed by atoms with van der Waals surface area (Å²) in [6.45, 7) is 6.28. The second-order valence-corrected chi connectivity index (χ2v) is 14.2. The number of alkyl halides is 1. The molecule has 0 unspecified atom stereocenters. The van der Waals surface area contributed by atoms with Crippen LogP contribution in [0.5, 0.6) is 0 Å². The van der Waals surface area contributed by atoms with E-state index in [0.717, 1.165) is 32.2 Å². The summed E-state index contributed by atoms with van der Waals surface area (Å²) in [7, 11) is 0. The normalized spacial score (nSPS) is 10.9. The third-order valence-corrected chi connectivity index (χ3v) is 9.19. The van der Waals surface area contributed by atoms with Crippen LogP contribution in [-0.2, 0) is 14.3 Å². The summed E-state index contributed by atoms with van der Waals surface area (Å²) in [5.41, 5.74) is 5.40. The van der Waals surface area contributed by atoms with Gasteiger partial charge in [0.05, 0.1) is 5.88 Å². The van der Waals surface area contributed by atoms with E-state index in [1.807, 2.05) is 0 Å². The Morgan fingerprint density at radius 3 is 1.13 bits per heavy atom. The minimum atomic E-state index is -0.0969. The lowest BCUT2D eigenvalue weighted by atomic mass is 10.0. The molecule has 0 saturated carbocycles. The van der Waals surface area contributed by atoms with Gasteiger partial charge >= 0.3 is 5.97 Å². The van der Waals surface area contributed by atoms with Gasteiger partial charge in [0.1, 0.15) is 6.61 Å². The molecule has 0 aliphatic heterocycles. The largest absolute Gasteiger partial charge is 0.464 e. The lowest BCUT2D eigenvalue weighted by Gasteiger charge is -2.05. The molecule has 0 aromatic rings. The van der Waals surface area contributed by atoms with Crippen molar-refractivity contribution in [2.24, 2.45) is 5.73 Å². The molecule has 0 aliphatic rings. The maximum Gasteiger partial charge on any atom is 0.305 e. The molecule has 0 aromatic carbocycles. The summed E-state index contributed by atoms with van der Waals surface area (Å²) in [4.78, 5) is 22.8. The Hall–Kier alpha value is -0.810. The number of unbranched alkanes of at least 4 members (excludes halogenated alkanes) is 28. The lowest BCUT2D eigenvalue weighted by Crippen LogP contribution is -2.25. The van der Waals surface area contributed by atoms with Gasteiger partial charge < -0.3 is 15.8 Å². The smallest absolute Gasteiger partial charge is 0.305 e. The number of nitrogens with two attached hydrogens (primary N) is 1. The molecule has 0 saturated heterocycles. The quantitative estimate of drug-likeness (QED) is 0.0387. The number of ether oxygens (including phenoxy) is 1. The minimum absolute atomic E-state index is 0.0969. The van der Waals surface area contributed by atoms with Crippen LogP contribution in [0.25, 0.3) is 0 Å². The van der Waals surface area contributed by atoms with Crippen molar-refractivity contribution in [1.29, 1.82) is 0 Å². The molecule has 282 valence electrons. The highest BCUT2D eigenvalue weighted by Crippen LogP contribution is 2.15. The number of carbonyl (C=O) groups excluding carboxylic acids is 2. The number of nitrogens with one attached hydrogen (secondary N) is 1. The van der Waals surface area contributed by atoms with E-state index in [-0.39, 0.29) is 11.9 Å². The van der Waals surface area contributed by atoms with Crippen molar-refractivity contribution in [3.63, 3.8) is 0 Å². The molecule has 0 aromatic heterocycles. The first-order valence-corrected chi connectivity index (χ1v) is 21.3. The summed E-state index contributed by atoms with van der Waals surface area (Å²) < 4.78 is 4.94. The summed E-state index contributed by atoms with van der Waals surface area (Å²) in [5.74, 6) is 0.489. The summed E-state index contributed by atoms with van der Waals surface area (Å²) >= 11 is 5.47. The first-order valence-electron chi connectivity index (χ1n) is 20.8. The fraction of sp³-hybridized carbons (Fsp3) is 0.951. The Labute approximate surface area is 299 Å². The van der Waals surface area contributed by atoms with Crippen molar-refractivity contribution in [2.45, 2.75) is 226 Å². The van der Waals surface area contributed by atoms with Crippen molar-refractivity contribution in [3.05, 3.63) is 0 Å². The first-order chi connectivity index (χ1) is 23.1. The van der Waals surface area contributed by atoms with Gasteiger partial charge in [-0.15, -0.1) is 11.6 Å². The molecule has 0 aliphatic carbocycles. The van der Waals surface area contributed by atoms with Gasteiger partial charge in [-0.3, -0.25) is 9.59 Å². The van der Waals surface area contributed by atoms with Crippen molar-refractivity contribution < 1.29 is 14.3 Å². The average Bonchev–Trinajstić information content (AvgIpc) is 3.07. The Balaban J connectivity index is 0. The Bertz CT molecular complexity index is 605. The van der Waals surface area contributed by atoms with E-state index in [1.54, 1.807) is 0 Å². The second kappa shape index (κ2) is 45.2. The van der Waals surface area contributed by atoms with Crippen LogP contribution < -0.4 is 11.1 Å². The fourth-order valence-electron chi connectivity index (χ4n) is 5.94. The number of amides is 1. The van der Waals surface area contributed by atoms with Crippen molar-refractivity contribution in [1.82, 2.24) is 5.32 Å². The van der Waals surface area contributed by atoms with Gasteiger partial charge in [-0.25, -0.2) is 0 Å². The van der Waals surface area contributed by atoms with Gasteiger partial charge in [-0.1, -0.05) is 194 Å². The highest BCUT2D eigenvalue weighted by atomic mass is 35.5. The number of hydrogen-bond donors (Lipinski definition) is 2. The van der Waals surface area contributed by atoms with E-state index in [9.17, 15) is 9.59 Å². The molecule has 0 heterocycles.